The number of phosphoric ester groups is 2. The lowest BCUT2D eigenvalue weighted by atomic mass is 10.0. The summed E-state index contributed by atoms with van der Waals surface area (Å²) in [5, 5.41) is 10.6. The van der Waals surface area contributed by atoms with Gasteiger partial charge in [0, 0.05) is 25.7 Å². The maximum absolute atomic E-state index is 13.1. The number of hydrogen-bond acceptors (Lipinski definition) is 15. The summed E-state index contributed by atoms with van der Waals surface area (Å²) in [6, 6.07) is 0. The smallest absolute Gasteiger partial charge is 0.462 e. The van der Waals surface area contributed by atoms with Crippen molar-refractivity contribution < 1.29 is 80.2 Å². The predicted molar refractivity (Wildman–Crippen MR) is 400 cm³/mol. The zero-order valence-electron chi connectivity index (χ0n) is 64.1. The zero-order chi connectivity index (χ0) is 72.1. The van der Waals surface area contributed by atoms with Crippen molar-refractivity contribution in [3.63, 3.8) is 0 Å². The van der Waals surface area contributed by atoms with Crippen LogP contribution in [-0.4, -0.2) is 96.7 Å². The maximum Gasteiger partial charge on any atom is 0.472 e. The number of esters is 4. The van der Waals surface area contributed by atoms with E-state index in [0.717, 1.165) is 96.3 Å². The molecule has 0 aliphatic heterocycles. The van der Waals surface area contributed by atoms with E-state index in [-0.39, 0.29) is 25.7 Å². The lowest BCUT2D eigenvalue weighted by Gasteiger charge is -2.21. The van der Waals surface area contributed by atoms with Crippen LogP contribution in [0.5, 0.6) is 0 Å². The fourth-order valence-electron chi connectivity index (χ4n) is 12.2. The van der Waals surface area contributed by atoms with Gasteiger partial charge in [-0.2, -0.15) is 0 Å². The van der Waals surface area contributed by atoms with Crippen molar-refractivity contribution in [3.8, 4) is 0 Å². The van der Waals surface area contributed by atoms with Gasteiger partial charge in [0.2, 0.25) is 0 Å². The first-order valence-electron chi connectivity index (χ1n) is 41.0. The van der Waals surface area contributed by atoms with Gasteiger partial charge in [0.1, 0.15) is 19.3 Å². The molecule has 0 amide bonds. The summed E-state index contributed by atoms with van der Waals surface area (Å²) >= 11 is 0. The van der Waals surface area contributed by atoms with Crippen LogP contribution in [0.3, 0.4) is 0 Å². The Balaban J connectivity index is 5.16. The average Bonchev–Trinajstić information content (AvgIpc) is 1.23. The number of carbonyl (C=O) groups excluding carboxylic acids is 4. The van der Waals surface area contributed by atoms with Crippen molar-refractivity contribution in [1.29, 1.82) is 0 Å². The molecule has 2 unspecified atom stereocenters. The van der Waals surface area contributed by atoms with Crippen molar-refractivity contribution in [2.45, 2.75) is 432 Å². The van der Waals surface area contributed by atoms with Gasteiger partial charge in [0.15, 0.2) is 12.2 Å². The van der Waals surface area contributed by atoms with Gasteiger partial charge in [-0.25, -0.2) is 9.13 Å². The average molecular weight is 1440 g/mol. The van der Waals surface area contributed by atoms with Gasteiger partial charge in [0.25, 0.3) is 0 Å². The largest absolute Gasteiger partial charge is 0.472 e. The summed E-state index contributed by atoms with van der Waals surface area (Å²) in [6.07, 6.45) is 60.3. The Morgan fingerprint density at radius 2 is 0.469 bits per heavy atom. The quantitative estimate of drug-likeness (QED) is 0.0222. The number of aliphatic hydroxyl groups is 1. The normalized spacial score (nSPS) is 13.9. The van der Waals surface area contributed by atoms with Gasteiger partial charge in [-0.3, -0.25) is 37.3 Å². The Morgan fingerprint density at radius 1 is 0.276 bits per heavy atom. The van der Waals surface area contributed by atoms with Gasteiger partial charge < -0.3 is 33.8 Å². The summed E-state index contributed by atoms with van der Waals surface area (Å²) in [6.45, 7) is 9.43. The van der Waals surface area contributed by atoms with Crippen LogP contribution in [0, 0.1) is 11.8 Å². The Kier molecular flexibility index (Phi) is 69.3. The molecule has 582 valence electrons. The van der Waals surface area contributed by atoms with Crippen molar-refractivity contribution in [2.24, 2.45) is 11.8 Å². The second kappa shape index (κ2) is 70.7. The molecule has 0 radical (unpaired) electrons. The van der Waals surface area contributed by atoms with Crippen LogP contribution >= 0.6 is 15.6 Å². The van der Waals surface area contributed by atoms with Gasteiger partial charge in [-0.1, -0.05) is 363 Å². The van der Waals surface area contributed by atoms with Crippen LogP contribution in [0.25, 0.3) is 0 Å². The molecule has 17 nitrogen and oxygen atoms in total. The number of hydrogen-bond donors (Lipinski definition) is 3. The Labute approximate surface area is 600 Å². The molecule has 0 bridgehead atoms. The first-order chi connectivity index (χ1) is 47.4. The molecule has 0 aliphatic rings. The van der Waals surface area contributed by atoms with E-state index in [0.29, 0.717) is 37.5 Å². The highest BCUT2D eigenvalue weighted by Crippen LogP contribution is 2.45. The molecule has 5 atom stereocenters. The van der Waals surface area contributed by atoms with Crippen molar-refractivity contribution >= 4 is 39.5 Å². The van der Waals surface area contributed by atoms with Crippen LogP contribution in [0.2, 0.25) is 0 Å². The molecular formula is C79H154O17P2. The monoisotopic (exact) mass is 1440 g/mol. The van der Waals surface area contributed by atoms with Crippen LogP contribution in [0.4, 0.5) is 0 Å². The number of aliphatic hydroxyl groups excluding tert-OH is 1. The van der Waals surface area contributed by atoms with E-state index in [9.17, 15) is 43.2 Å². The fourth-order valence-corrected chi connectivity index (χ4v) is 13.8. The van der Waals surface area contributed by atoms with Crippen LogP contribution < -0.4 is 0 Å². The van der Waals surface area contributed by atoms with E-state index < -0.39 is 97.5 Å². The van der Waals surface area contributed by atoms with Gasteiger partial charge in [-0.15, -0.1) is 0 Å². The number of ether oxygens (including phenoxy) is 4. The molecular weight excluding hydrogens is 1280 g/mol. The van der Waals surface area contributed by atoms with Crippen molar-refractivity contribution in [1.82, 2.24) is 0 Å². The molecule has 0 fully saturated rings. The lowest BCUT2D eigenvalue weighted by molar-refractivity contribution is -0.161. The zero-order valence-corrected chi connectivity index (χ0v) is 65.9. The second-order valence-electron chi connectivity index (χ2n) is 29.4. The van der Waals surface area contributed by atoms with Crippen LogP contribution in [-0.2, 0) is 65.4 Å². The van der Waals surface area contributed by atoms with Gasteiger partial charge in [-0.05, 0) is 37.5 Å². The van der Waals surface area contributed by atoms with E-state index in [1.807, 2.05) is 0 Å². The third kappa shape index (κ3) is 72.4. The summed E-state index contributed by atoms with van der Waals surface area (Å²) in [5.74, 6) is -0.772. The third-order valence-electron chi connectivity index (χ3n) is 18.5. The van der Waals surface area contributed by atoms with Crippen LogP contribution in [0.15, 0.2) is 0 Å². The molecule has 3 N–H and O–H groups in total. The molecule has 0 heterocycles. The number of unbranched alkanes of at least 4 members (excludes halogenated alkanes) is 48. The minimum absolute atomic E-state index is 0.101. The molecule has 0 rings (SSSR count). The van der Waals surface area contributed by atoms with E-state index in [1.165, 1.54) is 225 Å². The summed E-state index contributed by atoms with van der Waals surface area (Å²) in [7, 11) is -9.91. The minimum Gasteiger partial charge on any atom is -0.462 e. The lowest BCUT2D eigenvalue weighted by Crippen LogP contribution is -2.30. The molecule has 0 aromatic heterocycles. The van der Waals surface area contributed by atoms with E-state index in [2.05, 4.69) is 41.5 Å². The Morgan fingerprint density at radius 3 is 0.694 bits per heavy atom. The fraction of sp³-hybridized carbons (Fsp3) is 0.949. The molecule has 19 heteroatoms. The van der Waals surface area contributed by atoms with Crippen molar-refractivity contribution in [3.05, 3.63) is 0 Å². The van der Waals surface area contributed by atoms with E-state index in [4.69, 9.17) is 37.0 Å². The molecule has 0 aliphatic carbocycles. The van der Waals surface area contributed by atoms with E-state index >= 15 is 0 Å². The summed E-state index contributed by atoms with van der Waals surface area (Å²) in [5.41, 5.74) is 0. The third-order valence-corrected chi connectivity index (χ3v) is 20.4. The molecule has 0 aromatic rings. The highest BCUT2D eigenvalue weighted by Gasteiger charge is 2.30. The summed E-state index contributed by atoms with van der Waals surface area (Å²) in [4.78, 5) is 72.8. The van der Waals surface area contributed by atoms with E-state index in [1.54, 1.807) is 0 Å². The summed E-state index contributed by atoms with van der Waals surface area (Å²) < 4.78 is 68.5. The standard InChI is InChI=1S/C79H154O17P2/c1-7-9-11-13-15-17-19-21-23-25-27-28-30-32-34-36-38-40-42-51-57-63-78(83)95-74(67-89-76(81)61-55-49-41-39-37-35-33-31-29-26-24-22-20-18-16-14-12-10-8-2)69-93-97(85,86)91-65-73(80)66-92-98(87,88)94-70-75(96-79(84)64-58-52-46-44-48-54-60-72(5)6)68-90-77(82)62-56-50-45-43-47-53-59-71(3)4/h71-75,80H,7-70H2,1-6H3,(H,85,86)(H,87,88)/t73-,74-,75-/m1/s1. The number of rotatable bonds is 78. The first kappa shape index (κ1) is 96.1. The SMILES string of the molecule is CCCCCCCCCCCCCCCCCCCCCCCC(=O)O[C@H](COC(=O)CCCCCCCCCCCCCCCCCCCCC)COP(=O)(O)OC[C@@H](O)COP(=O)(O)OC[C@@H](COC(=O)CCCCCCCCC(C)C)OC(=O)CCCCCCCCC(C)C. The number of carbonyl (C=O) groups is 4. The number of phosphoric acid groups is 2. The molecule has 98 heavy (non-hydrogen) atoms. The first-order valence-corrected chi connectivity index (χ1v) is 44.0. The second-order valence-corrected chi connectivity index (χ2v) is 32.3. The van der Waals surface area contributed by atoms with Crippen LogP contribution in [0.1, 0.15) is 414 Å². The minimum atomic E-state index is -4.96. The molecule has 0 saturated heterocycles. The van der Waals surface area contributed by atoms with Gasteiger partial charge in [0.05, 0.1) is 26.4 Å². The topological polar surface area (TPSA) is 237 Å². The van der Waals surface area contributed by atoms with Crippen molar-refractivity contribution in [2.75, 3.05) is 39.6 Å². The highest BCUT2D eigenvalue weighted by atomic mass is 31.2. The highest BCUT2D eigenvalue weighted by molar-refractivity contribution is 7.47. The molecule has 0 saturated carbocycles. The van der Waals surface area contributed by atoms with Gasteiger partial charge >= 0.3 is 39.5 Å². The molecule has 0 aromatic carbocycles. The molecule has 0 spiro atoms. The Bertz CT molecular complexity index is 1890. The predicted octanol–water partition coefficient (Wildman–Crippen LogP) is 23.5. The Hall–Kier alpha value is -1.94. The maximum atomic E-state index is 13.1.